The molecule has 1 unspecified atom stereocenters. The highest BCUT2D eigenvalue weighted by molar-refractivity contribution is 5.35. The fourth-order valence-corrected chi connectivity index (χ4v) is 1.40. The molecule has 0 saturated heterocycles. The number of aliphatic hydroxyl groups is 1. The van der Waals surface area contributed by atoms with Gasteiger partial charge in [0.05, 0.1) is 6.10 Å². The van der Waals surface area contributed by atoms with Gasteiger partial charge in [-0.05, 0) is 20.8 Å². The van der Waals surface area contributed by atoms with Crippen LogP contribution in [0, 0.1) is 13.8 Å². The zero-order chi connectivity index (χ0) is 12.0. The predicted octanol–water partition coefficient (Wildman–Crippen LogP) is 0.476. The van der Waals surface area contributed by atoms with Crippen molar-refractivity contribution in [3.8, 4) is 0 Å². The van der Waals surface area contributed by atoms with Crippen molar-refractivity contribution in [2.24, 2.45) is 0 Å². The summed E-state index contributed by atoms with van der Waals surface area (Å²) < 4.78 is 0. The molecule has 0 aliphatic carbocycles. The SMILES string of the molecule is Cc1cc(NCCNCC(C)O)nc(C)n1. The number of anilines is 1. The van der Waals surface area contributed by atoms with Crippen LogP contribution >= 0.6 is 0 Å². The van der Waals surface area contributed by atoms with Crippen LogP contribution in [0.2, 0.25) is 0 Å². The summed E-state index contributed by atoms with van der Waals surface area (Å²) in [5, 5.41) is 15.4. The fraction of sp³-hybridized carbons (Fsp3) is 0.636. The molecule has 1 aromatic heterocycles. The maximum atomic E-state index is 9.04. The number of aryl methyl sites for hydroxylation is 2. The van der Waals surface area contributed by atoms with E-state index >= 15 is 0 Å². The zero-order valence-corrected chi connectivity index (χ0v) is 10.1. The molecule has 0 bridgehead atoms. The van der Waals surface area contributed by atoms with E-state index in [2.05, 4.69) is 20.6 Å². The highest BCUT2D eigenvalue weighted by Gasteiger charge is 1.98. The normalized spacial score (nSPS) is 12.5. The zero-order valence-electron chi connectivity index (χ0n) is 10.1. The lowest BCUT2D eigenvalue weighted by atomic mass is 10.4. The molecule has 0 amide bonds. The largest absolute Gasteiger partial charge is 0.392 e. The maximum Gasteiger partial charge on any atom is 0.129 e. The number of nitrogens with zero attached hydrogens (tertiary/aromatic N) is 2. The van der Waals surface area contributed by atoms with Crippen molar-refractivity contribution in [1.82, 2.24) is 15.3 Å². The van der Waals surface area contributed by atoms with Crippen LogP contribution in [0.25, 0.3) is 0 Å². The van der Waals surface area contributed by atoms with E-state index in [-0.39, 0.29) is 6.10 Å². The van der Waals surface area contributed by atoms with Gasteiger partial charge in [0.1, 0.15) is 11.6 Å². The third-order valence-electron chi connectivity index (χ3n) is 2.01. The van der Waals surface area contributed by atoms with Gasteiger partial charge in [-0.2, -0.15) is 0 Å². The second-order valence-corrected chi connectivity index (χ2v) is 3.92. The van der Waals surface area contributed by atoms with Gasteiger partial charge in [-0.3, -0.25) is 0 Å². The summed E-state index contributed by atoms with van der Waals surface area (Å²) in [7, 11) is 0. The Morgan fingerprint density at radius 3 is 2.69 bits per heavy atom. The summed E-state index contributed by atoms with van der Waals surface area (Å²) in [4.78, 5) is 8.47. The summed E-state index contributed by atoms with van der Waals surface area (Å²) >= 11 is 0. The molecule has 0 spiro atoms. The smallest absolute Gasteiger partial charge is 0.129 e. The van der Waals surface area contributed by atoms with E-state index in [1.54, 1.807) is 6.92 Å². The lowest BCUT2D eigenvalue weighted by Crippen LogP contribution is -2.29. The molecule has 1 rings (SSSR count). The topological polar surface area (TPSA) is 70.1 Å². The average molecular weight is 224 g/mol. The molecule has 0 saturated carbocycles. The molecule has 5 heteroatoms. The second kappa shape index (κ2) is 6.40. The number of hydrogen-bond donors (Lipinski definition) is 3. The van der Waals surface area contributed by atoms with Gasteiger partial charge in [0.15, 0.2) is 0 Å². The minimum Gasteiger partial charge on any atom is -0.392 e. The molecular weight excluding hydrogens is 204 g/mol. The first-order valence-corrected chi connectivity index (χ1v) is 5.53. The summed E-state index contributed by atoms with van der Waals surface area (Å²) in [5.41, 5.74) is 0.965. The second-order valence-electron chi connectivity index (χ2n) is 3.92. The molecule has 1 atom stereocenters. The van der Waals surface area contributed by atoms with Gasteiger partial charge in [0, 0.05) is 31.4 Å². The molecule has 0 fully saturated rings. The monoisotopic (exact) mass is 224 g/mol. The van der Waals surface area contributed by atoms with Gasteiger partial charge in [0.25, 0.3) is 0 Å². The number of hydrogen-bond acceptors (Lipinski definition) is 5. The molecule has 90 valence electrons. The van der Waals surface area contributed by atoms with Gasteiger partial charge in [0.2, 0.25) is 0 Å². The van der Waals surface area contributed by atoms with Crippen LogP contribution in [0.5, 0.6) is 0 Å². The van der Waals surface area contributed by atoms with Crippen LogP contribution in [-0.4, -0.2) is 40.8 Å². The Hall–Kier alpha value is -1.20. The van der Waals surface area contributed by atoms with Crippen molar-refractivity contribution in [2.75, 3.05) is 25.0 Å². The van der Waals surface area contributed by atoms with Gasteiger partial charge in [-0.1, -0.05) is 0 Å². The molecule has 5 nitrogen and oxygen atoms in total. The van der Waals surface area contributed by atoms with E-state index in [4.69, 9.17) is 5.11 Å². The minimum atomic E-state index is -0.302. The first kappa shape index (κ1) is 12.9. The number of nitrogens with one attached hydrogen (secondary N) is 2. The van der Waals surface area contributed by atoms with E-state index in [9.17, 15) is 0 Å². The summed E-state index contributed by atoms with van der Waals surface area (Å²) in [6.45, 7) is 7.78. The molecule has 0 aliphatic rings. The lowest BCUT2D eigenvalue weighted by Gasteiger charge is -2.09. The molecule has 16 heavy (non-hydrogen) atoms. The maximum absolute atomic E-state index is 9.04. The first-order valence-electron chi connectivity index (χ1n) is 5.53. The highest BCUT2D eigenvalue weighted by atomic mass is 16.3. The summed E-state index contributed by atoms with van der Waals surface area (Å²) in [6.07, 6.45) is -0.302. The van der Waals surface area contributed by atoms with Crippen molar-refractivity contribution in [2.45, 2.75) is 26.9 Å². The van der Waals surface area contributed by atoms with E-state index in [0.29, 0.717) is 6.54 Å². The molecule has 0 aliphatic heterocycles. The van der Waals surface area contributed by atoms with Crippen molar-refractivity contribution >= 4 is 5.82 Å². The van der Waals surface area contributed by atoms with Crippen LogP contribution in [0.15, 0.2) is 6.07 Å². The first-order chi connectivity index (χ1) is 7.58. The molecule has 1 aromatic rings. The highest BCUT2D eigenvalue weighted by Crippen LogP contribution is 2.04. The molecule has 1 heterocycles. The molecule has 3 N–H and O–H groups in total. The van der Waals surface area contributed by atoms with Crippen molar-refractivity contribution in [1.29, 1.82) is 0 Å². The fourth-order valence-electron chi connectivity index (χ4n) is 1.40. The lowest BCUT2D eigenvalue weighted by molar-refractivity contribution is 0.192. The Morgan fingerprint density at radius 2 is 2.06 bits per heavy atom. The number of aliphatic hydroxyl groups excluding tert-OH is 1. The van der Waals surface area contributed by atoms with Crippen molar-refractivity contribution in [3.05, 3.63) is 17.6 Å². The average Bonchev–Trinajstić information content (AvgIpc) is 2.15. The Kier molecular flexibility index (Phi) is 5.14. The quantitative estimate of drug-likeness (QED) is 0.613. The van der Waals surface area contributed by atoms with E-state index in [1.807, 2.05) is 19.9 Å². The standard InChI is InChI=1S/C11H20N4O/c1-8-6-11(15-10(3)14-8)13-5-4-12-7-9(2)16/h6,9,12,16H,4-5,7H2,1-3H3,(H,13,14,15). The minimum absolute atomic E-state index is 0.302. The van der Waals surface area contributed by atoms with Crippen molar-refractivity contribution in [3.63, 3.8) is 0 Å². The van der Waals surface area contributed by atoms with Crippen LogP contribution in [-0.2, 0) is 0 Å². The Morgan fingerprint density at radius 1 is 1.31 bits per heavy atom. The van der Waals surface area contributed by atoms with E-state index in [1.165, 1.54) is 0 Å². The van der Waals surface area contributed by atoms with Crippen LogP contribution in [0.3, 0.4) is 0 Å². The van der Waals surface area contributed by atoms with Gasteiger partial charge in [-0.25, -0.2) is 9.97 Å². The van der Waals surface area contributed by atoms with E-state index < -0.39 is 0 Å². The number of rotatable bonds is 6. The third-order valence-corrected chi connectivity index (χ3v) is 2.01. The van der Waals surface area contributed by atoms with Gasteiger partial charge < -0.3 is 15.7 Å². The van der Waals surface area contributed by atoms with Crippen LogP contribution in [0.4, 0.5) is 5.82 Å². The summed E-state index contributed by atoms with van der Waals surface area (Å²) in [5.74, 6) is 1.63. The Labute approximate surface area is 96.3 Å². The van der Waals surface area contributed by atoms with Gasteiger partial charge in [-0.15, -0.1) is 0 Å². The number of aromatic nitrogens is 2. The third kappa shape index (κ3) is 5.04. The van der Waals surface area contributed by atoms with E-state index in [0.717, 1.165) is 30.4 Å². The molecular formula is C11H20N4O. The summed E-state index contributed by atoms with van der Waals surface area (Å²) in [6, 6.07) is 1.92. The van der Waals surface area contributed by atoms with Crippen LogP contribution < -0.4 is 10.6 Å². The Balaban J connectivity index is 2.26. The Bertz CT molecular complexity index is 308. The molecule has 0 aromatic carbocycles. The van der Waals surface area contributed by atoms with Gasteiger partial charge >= 0.3 is 0 Å². The van der Waals surface area contributed by atoms with Crippen LogP contribution in [0.1, 0.15) is 18.4 Å². The van der Waals surface area contributed by atoms with Crippen molar-refractivity contribution < 1.29 is 5.11 Å². The predicted molar refractivity (Wildman–Crippen MR) is 64.5 cm³/mol. The molecule has 0 radical (unpaired) electrons.